The molecule has 0 fully saturated rings. The van der Waals surface area contributed by atoms with Gasteiger partial charge in [-0.1, -0.05) is 12.1 Å². The summed E-state index contributed by atoms with van der Waals surface area (Å²) in [7, 11) is 0. The average molecular weight is 274 g/mol. The number of aromatic nitrogens is 2. The molecule has 2 amide bonds. The second kappa shape index (κ2) is 6.60. The minimum atomic E-state index is -0.266. The van der Waals surface area contributed by atoms with E-state index in [1.54, 1.807) is 12.4 Å². The summed E-state index contributed by atoms with van der Waals surface area (Å²) >= 11 is 0. The van der Waals surface area contributed by atoms with Gasteiger partial charge in [-0.15, -0.1) is 0 Å². The number of ether oxygens (including phenoxy) is 1. The average Bonchev–Trinajstić information content (AvgIpc) is 2.92. The molecule has 0 saturated carbocycles. The van der Waals surface area contributed by atoms with Crippen LogP contribution in [0.2, 0.25) is 0 Å². The predicted octanol–water partition coefficient (Wildman–Crippen LogP) is 2.44. The number of carbonyl (C=O) groups is 1. The molecule has 0 aliphatic heterocycles. The number of urea groups is 1. The summed E-state index contributed by atoms with van der Waals surface area (Å²) in [5, 5.41) is 11.8. The van der Waals surface area contributed by atoms with Gasteiger partial charge in [0, 0.05) is 12.7 Å². The second-order valence-electron chi connectivity index (χ2n) is 4.33. The first-order valence-electron chi connectivity index (χ1n) is 6.45. The van der Waals surface area contributed by atoms with Gasteiger partial charge in [0.1, 0.15) is 5.75 Å². The molecule has 0 aliphatic carbocycles. The normalized spacial score (nSPS) is 10.1. The molecule has 2 aromatic rings. The number of nitrogens with zero attached hydrogens (tertiary/aromatic N) is 1. The summed E-state index contributed by atoms with van der Waals surface area (Å²) in [5.74, 6) is 0.874. The van der Waals surface area contributed by atoms with Gasteiger partial charge in [0.2, 0.25) is 0 Å². The molecule has 0 atom stereocenters. The van der Waals surface area contributed by atoms with Crippen LogP contribution in [0, 0.1) is 6.92 Å². The Hall–Kier alpha value is -2.50. The van der Waals surface area contributed by atoms with Crippen molar-refractivity contribution in [1.82, 2.24) is 15.5 Å². The first-order chi connectivity index (χ1) is 9.69. The van der Waals surface area contributed by atoms with Gasteiger partial charge in [0.05, 0.1) is 18.5 Å². The Kier molecular flexibility index (Phi) is 4.60. The molecule has 0 bridgehead atoms. The van der Waals surface area contributed by atoms with Gasteiger partial charge in [0.15, 0.2) is 0 Å². The number of H-pyrrole nitrogens is 1. The lowest BCUT2D eigenvalue weighted by Gasteiger charge is -2.10. The van der Waals surface area contributed by atoms with Gasteiger partial charge in [-0.3, -0.25) is 5.10 Å². The van der Waals surface area contributed by atoms with Crippen molar-refractivity contribution < 1.29 is 9.53 Å². The van der Waals surface area contributed by atoms with E-state index in [1.807, 2.05) is 32.0 Å². The topological polar surface area (TPSA) is 79.0 Å². The van der Waals surface area contributed by atoms with Crippen LogP contribution in [0.15, 0.2) is 30.6 Å². The molecule has 1 heterocycles. The highest BCUT2D eigenvalue weighted by Crippen LogP contribution is 2.18. The van der Waals surface area contributed by atoms with Crippen LogP contribution in [-0.4, -0.2) is 22.8 Å². The molecule has 6 nitrogen and oxygen atoms in total. The van der Waals surface area contributed by atoms with Gasteiger partial charge >= 0.3 is 6.03 Å². The number of anilines is 1. The van der Waals surface area contributed by atoms with Crippen LogP contribution in [-0.2, 0) is 6.54 Å². The number of hydrogen-bond acceptors (Lipinski definition) is 3. The van der Waals surface area contributed by atoms with Crippen molar-refractivity contribution in [3.63, 3.8) is 0 Å². The molecule has 106 valence electrons. The van der Waals surface area contributed by atoms with Crippen LogP contribution < -0.4 is 15.4 Å². The molecule has 1 aromatic carbocycles. The number of carbonyl (C=O) groups excluding carboxylic acids is 1. The number of aromatic amines is 1. The van der Waals surface area contributed by atoms with E-state index in [0.29, 0.717) is 18.8 Å². The lowest BCUT2D eigenvalue weighted by atomic mass is 10.1. The fourth-order valence-electron chi connectivity index (χ4n) is 1.82. The van der Waals surface area contributed by atoms with Crippen molar-refractivity contribution in [3.8, 4) is 5.75 Å². The van der Waals surface area contributed by atoms with Crippen molar-refractivity contribution in [2.24, 2.45) is 0 Å². The summed E-state index contributed by atoms with van der Waals surface area (Å²) in [6.45, 7) is 5.04. The Morgan fingerprint density at radius 1 is 1.45 bits per heavy atom. The summed E-state index contributed by atoms with van der Waals surface area (Å²) in [6.07, 6.45) is 3.15. The van der Waals surface area contributed by atoms with E-state index < -0.39 is 0 Å². The number of benzene rings is 1. The van der Waals surface area contributed by atoms with Gasteiger partial charge in [-0.2, -0.15) is 5.10 Å². The van der Waals surface area contributed by atoms with Crippen LogP contribution in [0.3, 0.4) is 0 Å². The third-order valence-corrected chi connectivity index (χ3v) is 2.75. The maximum Gasteiger partial charge on any atom is 0.319 e. The zero-order chi connectivity index (χ0) is 14.4. The first kappa shape index (κ1) is 13.9. The lowest BCUT2D eigenvalue weighted by Crippen LogP contribution is -2.28. The number of rotatable bonds is 5. The van der Waals surface area contributed by atoms with Gasteiger partial charge in [0.25, 0.3) is 0 Å². The van der Waals surface area contributed by atoms with Crippen molar-refractivity contribution in [2.75, 3.05) is 11.9 Å². The van der Waals surface area contributed by atoms with E-state index in [1.165, 1.54) is 0 Å². The molecule has 2 rings (SSSR count). The van der Waals surface area contributed by atoms with Crippen LogP contribution in [0.25, 0.3) is 0 Å². The van der Waals surface area contributed by atoms with Crippen molar-refractivity contribution >= 4 is 11.7 Å². The quantitative estimate of drug-likeness (QED) is 0.783. The number of nitrogens with one attached hydrogen (secondary N) is 3. The van der Waals surface area contributed by atoms with Crippen LogP contribution >= 0.6 is 0 Å². The van der Waals surface area contributed by atoms with E-state index in [-0.39, 0.29) is 6.03 Å². The van der Waals surface area contributed by atoms with Gasteiger partial charge in [-0.05, 0) is 31.0 Å². The Balaban J connectivity index is 1.87. The molecule has 20 heavy (non-hydrogen) atoms. The monoisotopic (exact) mass is 274 g/mol. The van der Waals surface area contributed by atoms with E-state index in [4.69, 9.17) is 4.74 Å². The Morgan fingerprint density at radius 3 is 2.95 bits per heavy atom. The fourth-order valence-corrected chi connectivity index (χ4v) is 1.82. The highest BCUT2D eigenvalue weighted by atomic mass is 16.5. The predicted molar refractivity (Wildman–Crippen MR) is 76.8 cm³/mol. The maximum atomic E-state index is 11.6. The third-order valence-electron chi connectivity index (χ3n) is 2.75. The number of aryl methyl sites for hydroxylation is 1. The largest absolute Gasteiger partial charge is 0.494 e. The Bertz CT molecular complexity index is 567. The summed E-state index contributed by atoms with van der Waals surface area (Å²) in [6, 6.07) is 5.60. The molecular formula is C14H18N4O2. The molecule has 1 aromatic heterocycles. The number of amides is 2. The number of hydrogen-bond donors (Lipinski definition) is 3. The smallest absolute Gasteiger partial charge is 0.319 e. The highest BCUT2D eigenvalue weighted by molar-refractivity contribution is 5.88. The molecule has 0 saturated heterocycles. The summed E-state index contributed by atoms with van der Waals surface area (Å²) < 4.78 is 5.48. The van der Waals surface area contributed by atoms with E-state index in [0.717, 1.165) is 16.9 Å². The van der Waals surface area contributed by atoms with Crippen LogP contribution in [0.4, 0.5) is 10.5 Å². The molecule has 0 unspecified atom stereocenters. The summed E-state index contributed by atoms with van der Waals surface area (Å²) in [5.41, 5.74) is 2.71. The Labute approximate surface area is 117 Å². The van der Waals surface area contributed by atoms with E-state index >= 15 is 0 Å². The Morgan fingerprint density at radius 2 is 2.30 bits per heavy atom. The minimum Gasteiger partial charge on any atom is -0.494 e. The standard InChI is InChI=1S/C14H18N4O2/c1-3-20-13-5-4-11(6-10(13)2)7-15-14(19)18-12-8-16-17-9-12/h4-6,8-9H,3,7H2,1-2H3,(H,16,17)(H2,15,18,19). The summed E-state index contributed by atoms with van der Waals surface area (Å²) in [4.78, 5) is 11.6. The van der Waals surface area contributed by atoms with Crippen molar-refractivity contribution in [1.29, 1.82) is 0 Å². The third kappa shape index (κ3) is 3.74. The van der Waals surface area contributed by atoms with Crippen molar-refractivity contribution in [3.05, 3.63) is 41.7 Å². The SMILES string of the molecule is CCOc1ccc(CNC(=O)Nc2cn[nH]c2)cc1C. The van der Waals surface area contributed by atoms with Crippen LogP contribution in [0.5, 0.6) is 5.75 Å². The molecule has 0 spiro atoms. The molecule has 0 aliphatic rings. The van der Waals surface area contributed by atoms with E-state index in [2.05, 4.69) is 20.8 Å². The van der Waals surface area contributed by atoms with Crippen molar-refractivity contribution in [2.45, 2.75) is 20.4 Å². The van der Waals surface area contributed by atoms with Gasteiger partial charge < -0.3 is 15.4 Å². The minimum absolute atomic E-state index is 0.266. The molecule has 6 heteroatoms. The lowest BCUT2D eigenvalue weighted by molar-refractivity contribution is 0.251. The maximum absolute atomic E-state index is 11.6. The van der Waals surface area contributed by atoms with E-state index in [9.17, 15) is 4.79 Å². The molecule has 0 radical (unpaired) electrons. The molecular weight excluding hydrogens is 256 g/mol. The fraction of sp³-hybridized carbons (Fsp3) is 0.286. The zero-order valence-corrected chi connectivity index (χ0v) is 11.6. The highest BCUT2D eigenvalue weighted by Gasteiger charge is 2.04. The zero-order valence-electron chi connectivity index (χ0n) is 11.6. The second-order valence-corrected chi connectivity index (χ2v) is 4.33. The molecule has 3 N–H and O–H groups in total. The first-order valence-corrected chi connectivity index (χ1v) is 6.45. The van der Waals surface area contributed by atoms with Crippen LogP contribution in [0.1, 0.15) is 18.1 Å². The van der Waals surface area contributed by atoms with Gasteiger partial charge in [-0.25, -0.2) is 4.79 Å².